The van der Waals surface area contributed by atoms with E-state index >= 15 is 0 Å². The molecule has 0 bridgehead atoms. The number of amides is 1. The molecule has 1 amide bonds. The highest BCUT2D eigenvalue weighted by molar-refractivity contribution is 5.97. The largest absolute Gasteiger partial charge is 0.490 e. The number of benzene rings is 1. The van der Waals surface area contributed by atoms with E-state index < -0.39 is 23.8 Å². The van der Waals surface area contributed by atoms with E-state index in [1.807, 2.05) is 37.2 Å². The Hall–Kier alpha value is -2.59. The van der Waals surface area contributed by atoms with E-state index in [9.17, 15) is 23.1 Å². The van der Waals surface area contributed by atoms with Crippen molar-refractivity contribution in [3.8, 4) is 5.75 Å². The lowest BCUT2D eigenvalue weighted by Gasteiger charge is -2.21. The average molecular weight is 498 g/mol. The van der Waals surface area contributed by atoms with Gasteiger partial charge in [0, 0.05) is 30.8 Å². The fourth-order valence-electron chi connectivity index (χ4n) is 4.03. The van der Waals surface area contributed by atoms with Crippen molar-refractivity contribution in [1.82, 2.24) is 9.36 Å². The Balaban J connectivity index is 2.09. The number of aliphatic hydroxyl groups is 1. The van der Waals surface area contributed by atoms with E-state index in [1.54, 1.807) is 13.0 Å². The number of carbonyl (C=O) groups is 1. The van der Waals surface area contributed by atoms with Crippen molar-refractivity contribution in [3.63, 3.8) is 0 Å². The van der Waals surface area contributed by atoms with Gasteiger partial charge in [0.2, 0.25) is 0 Å². The van der Waals surface area contributed by atoms with E-state index in [2.05, 4.69) is 4.99 Å². The second-order valence-electron chi connectivity index (χ2n) is 9.88. The predicted molar refractivity (Wildman–Crippen MR) is 124 cm³/mol. The molecule has 3 rings (SSSR count). The molecular formula is C25H34F3N3O4. The van der Waals surface area contributed by atoms with Crippen LogP contribution in [0.2, 0.25) is 0 Å². The number of alkyl halides is 3. The van der Waals surface area contributed by atoms with Gasteiger partial charge in [0.1, 0.15) is 12.4 Å². The summed E-state index contributed by atoms with van der Waals surface area (Å²) in [7, 11) is 1.87. The van der Waals surface area contributed by atoms with Crippen LogP contribution in [0.1, 0.15) is 68.6 Å². The lowest BCUT2D eigenvalue weighted by molar-refractivity contribution is -0.137. The summed E-state index contributed by atoms with van der Waals surface area (Å²) in [5.74, 6) is -0.916. The number of aromatic nitrogens is 2. The second kappa shape index (κ2) is 10.6. The van der Waals surface area contributed by atoms with Gasteiger partial charge in [-0.2, -0.15) is 18.2 Å². The monoisotopic (exact) mass is 497 g/mol. The van der Waals surface area contributed by atoms with E-state index in [4.69, 9.17) is 9.47 Å². The van der Waals surface area contributed by atoms with Gasteiger partial charge >= 0.3 is 6.18 Å². The van der Waals surface area contributed by atoms with Crippen LogP contribution in [0.25, 0.3) is 0 Å². The van der Waals surface area contributed by atoms with Crippen LogP contribution in [0.3, 0.4) is 0 Å². The summed E-state index contributed by atoms with van der Waals surface area (Å²) in [6, 6.07) is 4.47. The number of aliphatic hydroxyl groups excluding tert-OH is 1. The topological polar surface area (TPSA) is 78.0 Å². The molecule has 1 N–H and O–H groups in total. The number of hydrogen-bond acceptors (Lipinski definition) is 4. The zero-order valence-electron chi connectivity index (χ0n) is 20.9. The summed E-state index contributed by atoms with van der Waals surface area (Å²) in [4.78, 5) is 17.5. The van der Waals surface area contributed by atoms with Crippen LogP contribution in [0, 0.1) is 0 Å². The van der Waals surface area contributed by atoms with E-state index in [0.717, 1.165) is 36.7 Å². The van der Waals surface area contributed by atoms with Crippen LogP contribution in [0.15, 0.2) is 29.3 Å². The van der Waals surface area contributed by atoms with Crippen molar-refractivity contribution in [2.75, 3.05) is 13.2 Å². The molecule has 0 unspecified atom stereocenters. The normalized spacial score (nSPS) is 18.2. The third kappa shape index (κ3) is 6.55. The minimum atomic E-state index is -4.64. The minimum absolute atomic E-state index is 0.0338. The highest BCUT2D eigenvalue weighted by Gasteiger charge is 2.32. The van der Waals surface area contributed by atoms with Crippen LogP contribution in [-0.4, -0.2) is 45.8 Å². The maximum absolute atomic E-state index is 13.4. The van der Waals surface area contributed by atoms with Crippen LogP contribution in [0.5, 0.6) is 5.75 Å². The molecule has 1 aromatic carbocycles. The number of nitrogens with zero attached hydrogens (tertiary/aromatic N) is 3. The molecule has 2 heterocycles. The van der Waals surface area contributed by atoms with Gasteiger partial charge in [-0.1, -0.05) is 27.7 Å². The molecule has 7 nitrogen and oxygen atoms in total. The van der Waals surface area contributed by atoms with Crippen molar-refractivity contribution in [1.29, 1.82) is 0 Å². The molecule has 194 valence electrons. The number of ether oxygens (including phenoxy) is 2. The summed E-state index contributed by atoms with van der Waals surface area (Å²) in [6.45, 7) is 8.82. The lowest BCUT2D eigenvalue weighted by atomic mass is 9.92. The molecule has 0 saturated carbocycles. The van der Waals surface area contributed by atoms with Crippen molar-refractivity contribution in [3.05, 3.63) is 46.6 Å². The first-order valence-electron chi connectivity index (χ1n) is 11.8. The highest BCUT2D eigenvalue weighted by atomic mass is 19.4. The standard InChI is InChI=1S/C25H34F3N3O4/c1-6-17(32)15-35-20-10-9-16(25(26,27)28)12-19(20)23(33)29-22-13-21(24(2,3)4)30(5)31(22)14-18-8-7-11-34-18/h9-10,12-13,17-18,32H,6-8,11,14-15H2,1-5H3/t17-,18-/m1/s1. The zero-order chi connectivity index (χ0) is 26.0. The molecule has 2 atom stereocenters. The number of carbonyl (C=O) groups excluding carboxylic acids is 1. The Morgan fingerprint density at radius 1 is 1.29 bits per heavy atom. The third-order valence-corrected chi connectivity index (χ3v) is 6.07. The van der Waals surface area contributed by atoms with Gasteiger partial charge in [-0.15, -0.1) is 0 Å². The van der Waals surface area contributed by atoms with Crippen LogP contribution >= 0.6 is 0 Å². The van der Waals surface area contributed by atoms with Gasteiger partial charge < -0.3 is 14.6 Å². The van der Waals surface area contributed by atoms with Gasteiger partial charge in [-0.25, -0.2) is 0 Å². The van der Waals surface area contributed by atoms with Crippen LogP contribution in [-0.2, 0) is 29.9 Å². The maximum atomic E-state index is 13.4. The summed E-state index contributed by atoms with van der Waals surface area (Å²) >= 11 is 0. The molecule has 1 aliphatic rings. The van der Waals surface area contributed by atoms with Crippen molar-refractivity contribution in [2.24, 2.45) is 12.0 Å². The molecular weight excluding hydrogens is 463 g/mol. The molecule has 1 fully saturated rings. The van der Waals surface area contributed by atoms with Gasteiger partial charge in [0.05, 0.1) is 29.9 Å². The summed E-state index contributed by atoms with van der Waals surface area (Å²) in [6.07, 6.45) is -3.26. The average Bonchev–Trinajstić information content (AvgIpc) is 3.40. The third-order valence-electron chi connectivity index (χ3n) is 6.07. The number of hydrogen-bond donors (Lipinski definition) is 1. The van der Waals surface area contributed by atoms with E-state index in [-0.39, 0.29) is 29.4 Å². The molecule has 2 aromatic rings. The fourth-order valence-corrected chi connectivity index (χ4v) is 4.03. The first kappa shape index (κ1) is 27.0. The molecule has 0 spiro atoms. The molecule has 1 saturated heterocycles. The van der Waals surface area contributed by atoms with Crippen LogP contribution in [0.4, 0.5) is 13.2 Å². The SMILES string of the molecule is CC[C@@H](O)COc1ccc(C(F)(F)F)cc1C(=O)N=c1cc(C(C)(C)C)n(C)n1C[C@H]1CCCO1. The summed E-state index contributed by atoms with van der Waals surface area (Å²) < 4.78 is 55.2. The van der Waals surface area contributed by atoms with E-state index in [0.29, 0.717) is 25.1 Å². The smallest absolute Gasteiger partial charge is 0.416 e. The molecule has 35 heavy (non-hydrogen) atoms. The van der Waals surface area contributed by atoms with Crippen LogP contribution < -0.4 is 10.2 Å². The number of rotatable bonds is 7. The second-order valence-corrected chi connectivity index (χ2v) is 9.88. The molecule has 1 aliphatic heterocycles. The Morgan fingerprint density at radius 2 is 2.00 bits per heavy atom. The Bertz CT molecular complexity index is 1110. The highest BCUT2D eigenvalue weighted by Crippen LogP contribution is 2.33. The summed E-state index contributed by atoms with van der Waals surface area (Å²) in [5, 5.41) is 9.82. The molecule has 0 aliphatic carbocycles. The van der Waals surface area contributed by atoms with Gasteiger partial charge in [-0.05, 0) is 37.5 Å². The van der Waals surface area contributed by atoms with Crippen molar-refractivity contribution in [2.45, 2.75) is 77.3 Å². The predicted octanol–water partition coefficient (Wildman–Crippen LogP) is 4.21. The maximum Gasteiger partial charge on any atom is 0.416 e. The quantitative estimate of drug-likeness (QED) is 0.622. The van der Waals surface area contributed by atoms with Crippen molar-refractivity contribution >= 4 is 5.91 Å². The first-order chi connectivity index (χ1) is 16.3. The minimum Gasteiger partial charge on any atom is -0.490 e. The fraction of sp³-hybridized carbons (Fsp3) is 0.600. The zero-order valence-corrected chi connectivity index (χ0v) is 20.9. The molecule has 1 aromatic heterocycles. The Morgan fingerprint density at radius 3 is 2.57 bits per heavy atom. The lowest BCUT2D eigenvalue weighted by Crippen LogP contribution is -2.30. The number of halogens is 3. The molecule has 0 radical (unpaired) electrons. The van der Waals surface area contributed by atoms with Crippen molar-refractivity contribution < 1.29 is 32.5 Å². The van der Waals surface area contributed by atoms with Gasteiger partial charge in [-0.3, -0.25) is 14.2 Å². The van der Waals surface area contributed by atoms with E-state index in [1.165, 1.54) is 0 Å². The Kier molecular flexibility index (Phi) is 8.16. The Labute approximate surface area is 203 Å². The first-order valence-corrected chi connectivity index (χ1v) is 11.8. The molecule has 10 heteroatoms. The van der Waals surface area contributed by atoms with Gasteiger partial charge in [0.25, 0.3) is 5.91 Å². The summed E-state index contributed by atoms with van der Waals surface area (Å²) in [5.41, 5.74) is -0.309. The van der Waals surface area contributed by atoms with Gasteiger partial charge in [0.15, 0.2) is 5.49 Å².